The number of hydrogen-bond acceptors (Lipinski definition) is 4. The van der Waals surface area contributed by atoms with Crippen molar-refractivity contribution in [1.29, 1.82) is 0 Å². The van der Waals surface area contributed by atoms with E-state index in [0.29, 0.717) is 30.1 Å². The molecule has 1 aliphatic rings. The van der Waals surface area contributed by atoms with E-state index in [1.165, 1.54) is 5.56 Å². The second-order valence-electron chi connectivity index (χ2n) is 13.0. The monoisotopic (exact) mass is 594 g/mol. The van der Waals surface area contributed by atoms with E-state index in [-0.39, 0.29) is 36.0 Å². The summed E-state index contributed by atoms with van der Waals surface area (Å²) in [5, 5.41) is 12.4. The molecule has 0 bridgehead atoms. The van der Waals surface area contributed by atoms with Gasteiger partial charge in [0.15, 0.2) is 5.78 Å². The van der Waals surface area contributed by atoms with Crippen molar-refractivity contribution >= 4 is 28.6 Å². The summed E-state index contributed by atoms with van der Waals surface area (Å²) in [7, 11) is 1.65. The summed E-state index contributed by atoms with van der Waals surface area (Å²) in [6.07, 6.45) is 3.60. The quantitative estimate of drug-likeness (QED) is 0.162. The maximum Gasteiger partial charge on any atom is 0.305 e. The molecule has 44 heavy (non-hydrogen) atoms. The summed E-state index contributed by atoms with van der Waals surface area (Å²) in [5.74, 6) is -0.00161. The number of methoxy groups -OCH3 is 1. The van der Waals surface area contributed by atoms with Gasteiger partial charge in [-0.15, -0.1) is 0 Å². The van der Waals surface area contributed by atoms with Crippen molar-refractivity contribution in [3.63, 3.8) is 0 Å². The molecule has 1 heterocycles. The Hall–Kier alpha value is -4.39. The zero-order chi connectivity index (χ0) is 31.4. The van der Waals surface area contributed by atoms with Crippen molar-refractivity contribution in [3.8, 4) is 5.75 Å². The van der Waals surface area contributed by atoms with Crippen molar-refractivity contribution in [2.75, 3.05) is 13.7 Å². The number of ether oxygens (including phenoxy) is 1. The number of rotatable bonds is 13. The molecule has 1 saturated carbocycles. The first-order valence-electron chi connectivity index (χ1n) is 15.4. The summed E-state index contributed by atoms with van der Waals surface area (Å²) in [6, 6.07) is 23.9. The number of benzene rings is 3. The molecule has 2 N–H and O–H groups in total. The smallest absolute Gasteiger partial charge is 0.305 e. The first kappa shape index (κ1) is 31.0. The average Bonchev–Trinajstić information content (AvgIpc) is 3.75. The fourth-order valence-electron chi connectivity index (χ4n) is 5.75. The lowest BCUT2D eigenvalue weighted by atomic mass is 9.86. The summed E-state index contributed by atoms with van der Waals surface area (Å²) in [5.41, 5.74) is 5.63. The van der Waals surface area contributed by atoms with Gasteiger partial charge in [-0.2, -0.15) is 0 Å². The predicted molar refractivity (Wildman–Crippen MR) is 173 cm³/mol. The highest BCUT2D eigenvalue weighted by Gasteiger charge is 2.32. The number of hydrogen-bond donors (Lipinski definition) is 2. The van der Waals surface area contributed by atoms with Gasteiger partial charge in [0, 0.05) is 35.5 Å². The topological polar surface area (TPSA) is 97.6 Å². The van der Waals surface area contributed by atoms with Crippen molar-refractivity contribution in [2.45, 2.75) is 64.8 Å². The van der Waals surface area contributed by atoms with Gasteiger partial charge in [-0.05, 0) is 77.3 Å². The summed E-state index contributed by atoms with van der Waals surface area (Å²) >= 11 is 0. The van der Waals surface area contributed by atoms with Crippen LogP contribution in [0.25, 0.3) is 10.9 Å². The Kier molecular flexibility index (Phi) is 9.23. The molecule has 1 unspecified atom stereocenters. The number of carboxylic acids is 1. The molecule has 3 aromatic carbocycles. The van der Waals surface area contributed by atoms with Gasteiger partial charge in [0.25, 0.3) is 5.91 Å². The molecule has 1 atom stereocenters. The average molecular weight is 595 g/mol. The third-order valence-electron chi connectivity index (χ3n) is 8.53. The Balaban J connectivity index is 1.42. The minimum Gasteiger partial charge on any atom is -0.497 e. The number of ketones is 1. The van der Waals surface area contributed by atoms with Crippen molar-refractivity contribution in [2.24, 2.45) is 11.8 Å². The molecule has 1 aliphatic carbocycles. The molecule has 7 heteroatoms. The summed E-state index contributed by atoms with van der Waals surface area (Å²) < 4.78 is 7.64. The lowest BCUT2D eigenvalue weighted by Gasteiger charge is -2.20. The molecule has 1 fully saturated rings. The predicted octanol–water partition coefficient (Wildman–Crippen LogP) is 7.04. The number of nitrogens with one attached hydrogen (secondary N) is 1. The highest BCUT2D eigenvalue weighted by Crippen LogP contribution is 2.38. The molecule has 0 aliphatic heterocycles. The minimum atomic E-state index is -0.955. The van der Waals surface area contributed by atoms with Crippen LogP contribution < -0.4 is 10.1 Å². The van der Waals surface area contributed by atoms with E-state index >= 15 is 0 Å². The number of nitrogens with zero attached hydrogens (tertiary/aromatic N) is 1. The van der Waals surface area contributed by atoms with Gasteiger partial charge in [0.2, 0.25) is 0 Å². The van der Waals surface area contributed by atoms with E-state index in [0.717, 1.165) is 47.0 Å². The number of carbonyl (C=O) groups is 3. The Morgan fingerprint density at radius 3 is 2.25 bits per heavy atom. The van der Waals surface area contributed by atoms with E-state index in [2.05, 4.69) is 54.9 Å². The highest BCUT2D eigenvalue weighted by molar-refractivity contribution is 6.02. The van der Waals surface area contributed by atoms with Gasteiger partial charge >= 0.3 is 5.97 Å². The van der Waals surface area contributed by atoms with Crippen LogP contribution in [0.15, 0.2) is 72.8 Å². The van der Waals surface area contributed by atoms with Crippen LogP contribution in [-0.4, -0.2) is 41.0 Å². The lowest BCUT2D eigenvalue weighted by molar-refractivity contribution is -0.136. The van der Waals surface area contributed by atoms with Gasteiger partial charge in [0.1, 0.15) is 5.75 Å². The molecule has 0 spiro atoms. The summed E-state index contributed by atoms with van der Waals surface area (Å²) in [6.45, 7) is 7.28. The Labute approximate surface area is 259 Å². The highest BCUT2D eigenvalue weighted by atomic mass is 16.5. The molecule has 1 aromatic heterocycles. The number of aliphatic carboxylic acids is 1. The molecular formula is C37H42N2O5. The zero-order valence-electron chi connectivity index (χ0n) is 26.1. The van der Waals surface area contributed by atoms with E-state index in [4.69, 9.17) is 9.84 Å². The first-order chi connectivity index (χ1) is 21.0. The number of fused-ring (bicyclic) bond motifs is 1. The van der Waals surface area contributed by atoms with Gasteiger partial charge in [0.05, 0.1) is 19.2 Å². The molecule has 0 radical (unpaired) electrons. The third-order valence-corrected chi connectivity index (χ3v) is 8.53. The second kappa shape index (κ2) is 13.1. The van der Waals surface area contributed by atoms with Gasteiger partial charge in [-0.1, -0.05) is 70.0 Å². The van der Waals surface area contributed by atoms with Crippen LogP contribution in [0, 0.1) is 11.8 Å². The van der Waals surface area contributed by atoms with Crippen molar-refractivity contribution in [3.05, 3.63) is 101 Å². The van der Waals surface area contributed by atoms with E-state index in [9.17, 15) is 14.4 Å². The lowest BCUT2D eigenvalue weighted by Crippen LogP contribution is -2.26. The van der Waals surface area contributed by atoms with Crippen LogP contribution in [0.5, 0.6) is 5.75 Å². The van der Waals surface area contributed by atoms with Crippen LogP contribution in [0.2, 0.25) is 0 Å². The number of Topliss-reactive ketones (excluding diaryl/α,β-unsaturated/α-hetero) is 1. The number of carboxylic acid groups (broad SMARTS) is 1. The Bertz CT molecular complexity index is 1640. The molecular weight excluding hydrogens is 552 g/mol. The fraction of sp³-hybridized carbons (Fsp3) is 0.378. The number of carbonyl (C=O) groups excluding carboxylic acids is 2. The van der Waals surface area contributed by atoms with Crippen molar-refractivity contribution in [1.82, 2.24) is 9.88 Å². The molecule has 4 aromatic rings. The normalized spacial score (nSPS) is 13.9. The van der Waals surface area contributed by atoms with Crippen LogP contribution in [0.3, 0.4) is 0 Å². The minimum absolute atomic E-state index is 0.0642. The first-order valence-corrected chi connectivity index (χ1v) is 15.4. The maximum absolute atomic E-state index is 14.4. The third kappa shape index (κ3) is 7.57. The van der Waals surface area contributed by atoms with Crippen LogP contribution in [0.4, 0.5) is 0 Å². The largest absolute Gasteiger partial charge is 0.497 e. The van der Waals surface area contributed by atoms with Crippen LogP contribution >= 0.6 is 0 Å². The maximum atomic E-state index is 14.4. The molecule has 1 amide bonds. The Morgan fingerprint density at radius 2 is 1.64 bits per heavy atom. The van der Waals surface area contributed by atoms with Gasteiger partial charge in [-0.25, -0.2) is 0 Å². The summed E-state index contributed by atoms with van der Waals surface area (Å²) in [4.78, 5) is 37.6. The second-order valence-corrected chi connectivity index (χ2v) is 13.0. The molecule has 0 saturated heterocycles. The standard InChI is InChI=1S/C37H42N2O5/c1-37(2,3)30-13-9-26(10-14-30)23-39-32-16-15-31(44-4)21-28(32)22-33(39)35(42)29(19-24-5-6-24)20-25-7-11-27(12-8-25)36(43)38-18-17-34(40)41/h7-16,21-22,24,29H,5-6,17-20,23H2,1-4H3,(H,38,43)(H,40,41). The van der Waals surface area contributed by atoms with Gasteiger partial charge in [-0.3, -0.25) is 14.4 Å². The Morgan fingerprint density at radius 1 is 0.955 bits per heavy atom. The molecule has 7 nitrogen and oxygen atoms in total. The zero-order valence-corrected chi connectivity index (χ0v) is 26.1. The molecule has 5 rings (SSSR count). The van der Waals surface area contributed by atoms with Crippen LogP contribution in [0.1, 0.15) is 84.0 Å². The number of amides is 1. The molecule has 230 valence electrons. The van der Waals surface area contributed by atoms with Crippen LogP contribution in [-0.2, 0) is 23.2 Å². The van der Waals surface area contributed by atoms with E-state index in [1.54, 1.807) is 19.2 Å². The van der Waals surface area contributed by atoms with E-state index < -0.39 is 5.97 Å². The SMILES string of the molecule is COc1ccc2c(c1)cc(C(=O)C(Cc1ccc(C(=O)NCCC(=O)O)cc1)CC1CC1)n2Cc1ccc(C(C)(C)C)cc1. The number of aromatic nitrogens is 1. The van der Waals surface area contributed by atoms with Crippen molar-refractivity contribution < 1.29 is 24.2 Å². The fourth-order valence-corrected chi connectivity index (χ4v) is 5.75. The van der Waals surface area contributed by atoms with E-state index in [1.807, 2.05) is 36.4 Å². The van der Waals surface area contributed by atoms with Gasteiger partial charge < -0.3 is 19.7 Å².